The maximum atomic E-state index is 3.40. The van der Waals surface area contributed by atoms with E-state index in [4.69, 9.17) is 0 Å². The van der Waals surface area contributed by atoms with Crippen LogP contribution in [0.3, 0.4) is 0 Å². The quantitative estimate of drug-likeness (QED) is 0.753. The van der Waals surface area contributed by atoms with Crippen LogP contribution in [0.15, 0.2) is 24.3 Å². The second-order valence-electron chi connectivity index (χ2n) is 4.80. The van der Waals surface area contributed by atoms with E-state index in [0.29, 0.717) is 12.0 Å². The molecule has 0 aliphatic carbocycles. The van der Waals surface area contributed by atoms with Crippen LogP contribution in [-0.2, 0) is 0 Å². The molecule has 1 rings (SSSR count). The highest BCUT2D eigenvalue weighted by atomic mass is 14.9. The summed E-state index contributed by atoms with van der Waals surface area (Å²) in [6.45, 7) is 6.72. The molecule has 0 spiro atoms. The van der Waals surface area contributed by atoms with E-state index in [1.54, 1.807) is 0 Å². The van der Waals surface area contributed by atoms with Crippen molar-refractivity contribution in [3.8, 4) is 0 Å². The van der Waals surface area contributed by atoms with E-state index in [9.17, 15) is 0 Å². The van der Waals surface area contributed by atoms with Crippen molar-refractivity contribution in [3.05, 3.63) is 35.4 Å². The van der Waals surface area contributed by atoms with E-state index in [-0.39, 0.29) is 0 Å². The van der Waals surface area contributed by atoms with Crippen LogP contribution >= 0.6 is 0 Å². The maximum absolute atomic E-state index is 3.40. The Morgan fingerprint density at radius 2 is 1.62 bits per heavy atom. The lowest BCUT2D eigenvalue weighted by atomic mass is 9.97. The minimum atomic E-state index is 0.515. The molecule has 0 amide bonds. The molecule has 0 fully saturated rings. The Morgan fingerprint density at radius 3 is 2.06 bits per heavy atom. The predicted octanol–water partition coefficient (Wildman–Crippen LogP) is 4.26. The first-order valence-electron chi connectivity index (χ1n) is 6.46. The molecule has 16 heavy (non-hydrogen) atoms. The molecule has 1 atom stereocenters. The first kappa shape index (κ1) is 13.2. The van der Waals surface area contributed by atoms with Gasteiger partial charge in [0.15, 0.2) is 0 Å². The second kappa shape index (κ2) is 6.70. The van der Waals surface area contributed by atoms with E-state index < -0.39 is 0 Å². The first-order valence-corrected chi connectivity index (χ1v) is 6.46. The Kier molecular flexibility index (Phi) is 5.54. The number of hydrogen-bond donors (Lipinski definition) is 1. The van der Waals surface area contributed by atoms with Crippen LogP contribution < -0.4 is 5.32 Å². The van der Waals surface area contributed by atoms with Crippen LogP contribution in [0.5, 0.6) is 0 Å². The van der Waals surface area contributed by atoms with Gasteiger partial charge in [0, 0.05) is 6.04 Å². The monoisotopic (exact) mass is 219 g/mol. The summed E-state index contributed by atoms with van der Waals surface area (Å²) in [7, 11) is 2.05. The third-order valence-corrected chi connectivity index (χ3v) is 3.20. The number of nitrogens with one attached hydrogen (secondary N) is 1. The molecule has 0 saturated heterocycles. The summed E-state index contributed by atoms with van der Waals surface area (Å²) < 4.78 is 0. The van der Waals surface area contributed by atoms with Gasteiger partial charge in [-0.1, -0.05) is 57.9 Å². The average Bonchev–Trinajstić information content (AvgIpc) is 2.30. The van der Waals surface area contributed by atoms with Crippen molar-refractivity contribution in [3.63, 3.8) is 0 Å². The Bertz CT molecular complexity index is 287. The smallest absolute Gasteiger partial charge is 0.0317 e. The van der Waals surface area contributed by atoms with Crippen molar-refractivity contribution in [2.24, 2.45) is 0 Å². The van der Waals surface area contributed by atoms with Crippen molar-refractivity contribution >= 4 is 0 Å². The molecule has 0 aliphatic rings. The molecule has 0 heterocycles. The topological polar surface area (TPSA) is 12.0 Å². The molecule has 90 valence electrons. The van der Waals surface area contributed by atoms with Crippen molar-refractivity contribution in [2.75, 3.05) is 7.05 Å². The van der Waals surface area contributed by atoms with Crippen molar-refractivity contribution in [1.82, 2.24) is 5.32 Å². The molecule has 0 aliphatic heterocycles. The lowest BCUT2D eigenvalue weighted by Crippen LogP contribution is -2.16. The third-order valence-electron chi connectivity index (χ3n) is 3.20. The van der Waals surface area contributed by atoms with Crippen LogP contribution in [0.1, 0.15) is 63.1 Å². The molecular weight excluding hydrogens is 194 g/mol. The molecule has 1 N–H and O–H groups in total. The first-order chi connectivity index (χ1) is 7.69. The van der Waals surface area contributed by atoms with Crippen LogP contribution in [0.4, 0.5) is 0 Å². The summed E-state index contributed by atoms with van der Waals surface area (Å²) in [6, 6.07) is 9.58. The van der Waals surface area contributed by atoms with Gasteiger partial charge in [0.1, 0.15) is 0 Å². The van der Waals surface area contributed by atoms with Gasteiger partial charge in [-0.25, -0.2) is 0 Å². The van der Waals surface area contributed by atoms with E-state index in [1.165, 1.54) is 30.4 Å². The summed E-state index contributed by atoms with van der Waals surface area (Å²) in [4.78, 5) is 0. The van der Waals surface area contributed by atoms with Crippen LogP contribution in [0.2, 0.25) is 0 Å². The normalized spacial score (nSPS) is 13.1. The van der Waals surface area contributed by atoms with Crippen molar-refractivity contribution < 1.29 is 0 Å². The fourth-order valence-electron chi connectivity index (χ4n) is 2.00. The highest BCUT2D eigenvalue weighted by Crippen LogP contribution is 2.21. The highest BCUT2D eigenvalue weighted by Gasteiger charge is 2.08. The number of rotatable bonds is 6. The summed E-state index contributed by atoms with van der Waals surface area (Å²) in [5.41, 5.74) is 2.84. The molecule has 0 saturated carbocycles. The fraction of sp³-hybridized carbons (Fsp3) is 0.600. The Labute approximate surface area is 100 Å². The van der Waals surface area contributed by atoms with Gasteiger partial charge in [0.25, 0.3) is 0 Å². The Balaban J connectivity index is 2.70. The number of unbranched alkanes of at least 4 members (excludes halogenated alkanes) is 1. The zero-order valence-corrected chi connectivity index (χ0v) is 11.1. The summed E-state index contributed by atoms with van der Waals surface area (Å²) in [5, 5.41) is 3.40. The molecule has 1 heteroatoms. The lowest BCUT2D eigenvalue weighted by molar-refractivity contribution is 0.522. The Morgan fingerprint density at radius 1 is 1.06 bits per heavy atom. The van der Waals surface area contributed by atoms with Crippen LogP contribution in [0.25, 0.3) is 0 Å². The van der Waals surface area contributed by atoms with Gasteiger partial charge in [0.05, 0.1) is 0 Å². The fourth-order valence-corrected chi connectivity index (χ4v) is 2.00. The van der Waals surface area contributed by atoms with Gasteiger partial charge < -0.3 is 5.32 Å². The Hall–Kier alpha value is -0.820. The average molecular weight is 219 g/mol. The largest absolute Gasteiger partial charge is 0.313 e. The molecule has 0 aromatic heterocycles. The van der Waals surface area contributed by atoms with E-state index in [0.717, 1.165) is 0 Å². The number of hydrogen-bond acceptors (Lipinski definition) is 1. The molecule has 1 aromatic rings. The van der Waals surface area contributed by atoms with Gasteiger partial charge >= 0.3 is 0 Å². The van der Waals surface area contributed by atoms with E-state index in [2.05, 4.69) is 57.4 Å². The summed E-state index contributed by atoms with van der Waals surface area (Å²) in [5.74, 6) is 0.623. The SMILES string of the molecule is CCCCC(NC)c1ccc(C(C)C)cc1. The molecule has 1 nitrogen and oxygen atoms in total. The van der Waals surface area contributed by atoms with E-state index >= 15 is 0 Å². The lowest BCUT2D eigenvalue weighted by Gasteiger charge is -2.17. The summed E-state index contributed by atoms with van der Waals surface area (Å²) >= 11 is 0. The van der Waals surface area contributed by atoms with Crippen LogP contribution in [0, 0.1) is 0 Å². The van der Waals surface area contributed by atoms with E-state index in [1.807, 2.05) is 0 Å². The third kappa shape index (κ3) is 3.64. The second-order valence-corrected chi connectivity index (χ2v) is 4.80. The van der Waals surface area contributed by atoms with Gasteiger partial charge in [-0.2, -0.15) is 0 Å². The zero-order chi connectivity index (χ0) is 12.0. The summed E-state index contributed by atoms with van der Waals surface area (Å²) in [6.07, 6.45) is 3.79. The predicted molar refractivity (Wildman–Crippen MR) is 71.9 cm³/mol. The van der Waals surface area contributed by atoms with Gasteiger partial charge in [0.2, 0.25) is 0 Å². The van der Waals surface area contributed by atoms with Gasteiger partial charge in [-0.05, 0) is 30.5 Å². The van der Waals surface area contributed by atoms with Gasteiger partial charge in [-0.3, -0.25) is 0 Å². The van der Waals surface area contributed by atoms with Gasteiger partial charge in [-0.15, -0.1) is 0 Å². The number of benzene rings is 1. The highest BCUT2D eigenvalue weighted by molar-refractivity contribution is 5.26. The molecule has 1 unspecified atom stereocenters. The molecule has 1 aromatic carbocycles. The maximum Gasteiger partial charge on any atom is 0.0317 e. The minimum absolute atomic E-state index is 0.515. The van der Waals surface area contributed by atoms with Crippen molar-refractivity contribution in [2.45, 2.75) is 52.0 Å². The zero-order valence-electron chi connectivity index (χ0n) is 11.1. The molecule has 0 radical (unpaired) electrons. The van der Waals surface area contributed by atoms with Crippen LogP contribution in [-0.4, -0.2) is 7.05 Å². The van der Waals surface area contributed by atoms with Crippen molar-refractivity contribution in [1.29, 1.82) is 0 Å². The molecule has 0 bridgehead atoms. The minimum Gasteiger partial charge on any atom is -0.313 e. The standard InChI is InChI=1S/C15H25N/c1-5-6-7-15(16-4)14-10-8-13(9-11-14)12(2)3/h8-12,15-16H,5-7H2,1-4H3. The molecular formula is C15H25N.